The van der Waals surface area contributed by atoms with Gasteiger partial charge in [0.05, 0.1) is 0 Å². The average Bonchev–Trinajstić information content (AvgIpc) is 2.87. The van der Waals surface area contributed by atoms with Crippen LogP contribution in [0.3, 0.4) is 0 Å². The van der Waals surface area contributed by atoms with Crippen LogP contribution in [0.4, 0.5) is 0 Å². The molecule has 0 bridgehead atoms. The van der Waals surface area contributed by atoms with Crippen LogP contribution < -0.4 is 5.73 Å². The molecule has 2 N–H and O–H groups in total. The summed E-state index contributed by atoms with van der Waals surface area (Å²) in [5.74, 6) is 1.88. The van der Waals surface area contributed by atoms with E-state index in [0.29, 0.717) is 17.6 Å². The van der Waals surface area contributed by atoms with Crippen molar-refractivity contribution in [1.82, 2.24) is 10.1 Å². The molecule has 1 atom stereocenters. The van der Waals surface area contributed by atoms with Crippen molar-refractivity contribution in [3.63, 3.8) is 0 Å². The molecule has 0 saturated heterocycles. The molecule has 2 aromatic rings. The van der Waals surface area contributed by atoms with E-state index in [2.05, 4.69) is 36.1 Å². The van der Waals surface area contributed by atoms with Crippen molar-refractivity contribution in [2.75, 3.05) is 0 Å². The molecule has 1 unspecified atom stereocenters. The van der Waals surface area contributed by atoms with Crippen LogP contribution in [0, 0.1) is 0 Å². The Kier molecular flexibility index (Phi) is 4.90. The fraction of sp³-hybridized carbons (Fsp3) is 0.500. The minimum absolute atomic E-state index is 0.223. The lowest BCUT2D eigenvalue weighted by Gasteiger charge is -2.04. The summed E-state index contributed by atoms with van der Waals surface area (Å²) in [6.07, 6.45) is 2.74. The highest BCUT2D eigenvalue weighted by Gasteiger charge is 2.09. The number of nitrogens with zero attached hydrogens (tertiary/aromatic N) is 2. The minimum Gasteiger partial charge on any atom is -0.339 e. The molecule has 0 saturated carbocycles. The van der Waals surface area contributed by atoms with Crippen molar-refractivity contribution in [3.05, 3.63) is 35.7 Å². The van der Waals surface area contributed by atoms with Crippen LogP contribution in [-0.4, -0.2) is 16.2 Å². The van der Waals surface area contributed by atoms with Gasteiger partial charge < -0.3 is 10.3 Å². The van der Waals surface area contributed by atoms with Crippen LogP contribution in [-0.2, 0) is 6.42 Å². The Morgan fingerprint density at radius 3 is 2.45 bits per heavy atom. The van der Waals surface area contributed by atoms with Gasteiger partial charge in [-0.05, 0) is 31.2 Å². The molecule has 4 nitrogen and oxygen atoms in total. The Balaban J connectivity index is 2.01. The van der Waals surface area contributed by atoms with Crippen molar-refractivity contribution < 1.29 is 4.52 Å². The summed E-state index contributed by atoms with van der Waals surface area (Å²) in [7, 11) is 0. The van der Waals surface area contributed by atoms with Gasteiger partial charge >= 0.3 is 0 Å². The third-order valence-electron chi connectivity index (χ3n) is 3.35. The van der Waals surface area contributed by atoms with Gasteiger partial charge in [-0.3, -0.25) is 0 Å². The van der Waals surface area contributed by atoms with Crippen molar-refractivity contribution in [1.29, 1.82) is 0 Å². The highest BCUT2D eigenvalue weighted by atomic mass is 16.5. The second-order valence-electron chi connectivity index (χ2n) is 5.66. The maximum Gasteiger partial charge on any atom is 0.226 e. The van der Waals surface area contributed by atoms with E-state index in [1.165, 1.54) is 5.56 Å². The van der Waals surface area contributed by atoms with Gasteiger partial charge in [0, 0.05) is 18.0 Å². The SMILES string of the molecule is CC(N)CCCc1nc(-c2ccc(C(C)C)cc2)no1. The zero-order valence-corrected chi connectivity index (χ0v) is 12.5. The lowest BCUT2D eigenvalue weighted by Crippen LogP contribution is -2.14. The quantitative estimate of drug-likeness (QED) is 0.874. The van der Waals surface area contributed by atoms with Crippen molar-refractivity contribution >= 4 is 0 Å². The third kappa shape index (κ3) is 3.90. The summed E-state index contributed by atoms with van der Waals surface area (Å²) in [6, 6.07) is 8.55. The molecule has 0 amide bonds. The van der Waals surface area contributed by atoms with Gasteiger partial charge in [0.1, 0.15) is 0 Å². The van der Waals surface area contributed by atoms with Crippen molar-refractivity contribution in [2.45, 2.75) is 52.0 Å². The maximum atomic E-state index is 5.72. The first kappa shape index (κ1) is 14.7. The van der Waals surface area contributed by atoms with E-state index in [0.717, 1.165) is 24.8 Å². The van der Waals surface area contributed by atoms with E-state index in [1.54, 1.807) is 0 Å². The molecule has 0 fully saturated rings. The molecule has 1 aromatic heterocycles. The largest absolute Gasteiger partial charge is 0.339 e. The van der Waals surface area contributed by atoms with Gasteiger partial charge in [0.15, 0.2) is 0 Å². The molecule has 0 aliphatic heterocycles. The predicted octanol–water partition coefficient (Wildman–Crippen LogP) is 3.53. The molecule has 0 aliphatic rings. The zero-order chi connectivity index (χ0) is 14.5. The van der Waals surface area contributed by atoms with E-state index >= 15 is 0 Å². The molecular weight excluding hydrogens is 250 g/mol. The van der Waals surface area contributed by atoms with Crippen LogP contribution >= 0.6 is 0 Å². The van der Waals surface area contributed by atoms with E-state index in [4.69, 9.17) is 10.3 Å². The topological polar surface area (TPSA) is 64.9 Å². The lowest BCUT2D eigenvalue weighted by atomic mass is 10.0. The first-order valence-electron chi connectivity index (χ1n) is 7.24. The third-order valence-corrected chi connectivity index (χ3v) is 3.35. The first-order chi connectivity index (χ1) is 9.56. The summed E-state index contributed by atoms with van der Waals surface area (Å²) >= 11 is 0. The van der Waals surface area contributed by atoms with Gasteiger partial charge in [0.2, 0.25) is 11.7 Å². The summed E-state index contributed by atoms with van der Waals surface area (Å²) in [5, 5.41) is 4.04. The number of rotatable bonds is 6. The summed E-state index contributed by atoms with van der Waals surface area (Å²) in [4.78, 5) is 4.43. The Morgan fingerprint density at radius 1 is 1.15 bits per heavy atom. The van der Waals surface area contributed by atoms with Crippen LogP contribution in [0.1, 0.15) is 51.0 Å². The molecule has 4 heteroatoms. The standard InChI is InChI=1S/C16H23N3O/c1-11(2)13-7-9-14(10-8-13)16-18-15(20-19-16)6-4-5-12(3)17/h7-12H,4-6,17H2,1-3H3. The Bertz CT molecular complexity index is 529. The number of nitrogens with two attached hydrogens (primary N) is 1. The predicted molar refractivity (Wildman–Crippen MR) is 80.4 cm³/mol. The molecule has 1 aromatic carbocycles. The number of hydrogen-bond acceptors (Lipinski definition) is 4. The van der Waals surface area contributed by atoms with E-state index < -0.39 is 0 Å². The molecule has 1 heterocycles. The fourth-order valence-corrected chi connectivity index (χ4v) is 2.07. The Hall–Kier alpha value is -1.68. The summed E-state index contributed by atoms with van der Waals surface area (Å²) in [5.41, 5.74) is 8.04. The minimum atomic E-state index is 0.223. The normalized spacial score (nSPS) is 12.8. The van der Waals surface area contributed by atoms with Gasteiger partial charge in [-0.15, -0.1) is 0 Å². The van der Waals surface area contributed by atoms with E-state index in [1.807, 2.05) is 19.1 Å². The Labute approximate surface area is 120 Å². The van der Waals surface area contributed by atoms with E-state index in [9.17, 15) is 0 Å². The van der Waals surface area contributed by atoms with Gasteiger partial charge in [0.25, 0.3) is 0 Å². The maximum absolute atomic E-state index is 5.72. The molecule has 2 rings (SSSR count). The summed E-state index contributed by atoms with van der Waals surface area (Å²) < 4.78 is 5.28. The number of hydrogen-bond donors (Lipinski definition) is 1. The lowest BCUT2D eigenvalue weighted by molar-refractivity contribution is 0.373. The van der Waals surface area contributed by atoms with Gasteiger partial charge in [-0.1, -0.05) is 43.3 Å². The fourth-order valence-electron chi connectivity index (χ4n) is 2.07. The molecule has 0 radical (unpaired) electrons. The molecule has 0 spiro atoms. The number of aromatic nitrogens is 2. The monoisotopic (exact) mass is 273 g/mol. The number of aryl methyl sites for hydroxylation is 1. The number of benzene rings is 1. The van der Waals surface area contributed by atoms with E-state index in [-0.39, 0.29) is 6.04 Å². The second-order valence-corrected chi connectivity index (χ2v) is 5.66. The van der Waals surface area contributed by atoms with Crippen molar-refractivity contribution in [2.24, 2.45) is 5.73 Å². The molecule has 108 valence electrons. The molecule has 0 aliphatic carbocycles. The summed E-state index contributed by atoms with van der Waals surface area (Å²) in [6.45, 7) is 6.37. The Morgan fingerprint density at radius 2 is 1.85 bits per heavy atom. The second kappa shape index (κ2) is 6.66. The zero-order valence-electron chi connectivity index (χ0n) is 12.5. The van der Waals surface area contributed by atoms with Crippen LogP contribution in [0.25, 0.3) is 11.4 Å². The molecular formula is C16H23N3O. The molecule has 20 heavy (non-hydrogen) atoms. The average molecular weight is 273 g/mol. The van der Waals surface area contributed by atoms with Crippen LogP contribution in [0.5, 0.6) is 0 Å². The smallest absolute Gasteiger partial charge is 0.226 e. The van der Waals surface area contributed by atoms with Gasteiger partial charge in [-0.25, -0.2) is 0 Å². The van der Waals surface area contributed by atoms with Gasteiger partial charge in [-0.2, -0.15) is 4.98 Å². The highest BCUT2D eigenvalue weighted by Crippen LogP contribution is 2.20. The van der Waals surface area contributed by atoms with Crippen LogP contribution in [0.15, 0.2) is 28.8 Å². The van der Waals surface area contributed by atoms with Crippen LogP contribution in [0.2, 0.25) is 0 Å². The first-order valence-corrected chi connectivity index (χ1v) is 7.24. The highest BCUT2D eigenvalue weighted by molar-refractivity contribution is 5.54. The van der Waals surface area contributed by atoms with Crippen molar-refractivity contribution in [3.8, 4) is 11.4 Å².